The Kier molecular flexibility index (Phi) is 4.58. The van der Waals surface area contributed by atoms with Crippen LogP contribution in [-0.4, -0.2) is 0 Å². The maximum Gasteiger partial charge on any atom is -0.00443 e. The van der Waals surface area contributed by atoms with Crippen molar-refractivity contribution in [1.29, 1.82) is 0 Å². The topological polar surface area (TPSA) is 0 Å². The van der Waals surface area contributed by atoms with E-state index in [-0.39, 0.29) is 16.2 Å². The molecular weight excluding hydrogens is 240 g/mol. The van der Waals surface area contributed by atoms with Gasteiger partial charge in [-0.3, -0.25) is 0 Å². The summed E-state index contributed by atoms with van der Waals surface area (Å²) in [6.07, 6.45) is 0. The maximum absolute atomic E-state index is 2.41. The van der Waals surface area contributed by atoms with Crippen LogP contribution in [0, 0.1) is 10.8 Å². The Bertz CT molecular complexity index is 480. The highest BCUT2D eigenvalue weighted by Crippen LogP contribution is 2.55. The molecule has 0 amide bonds. The van der Waals surface area contributed by atoms with Crippen LogP contribution in [0.2, 0.25) is 0 Å². The minimum absolute atomic E-state index is 0.106. The standard InChI is InChI=1S/C20H32/c1-15(2)16(3)18(4,5)20(8,9)19(6,7)17-13-11-10-12-14-17/h10-14H,1-9H3. The second-order valence-electron chi connectivity index (χ2n) is 7.87. The van der Waals surface area contributed by atoms with Gasteiger partial charge in [0, 0.05) is 0 Å². The lowest BCUT2D eigenvalue weighted by Gasteiger charge is -2.53. The van der Waals surface area contributed by atoms with Crippen LogP contribution in [0.25, 0.3) is 0 Å². The zero-order valence-electron chi connectivity index (χ0n) is 14.9. The molecule has 0 bridgehead atoms. The number of benzene rings is 1. The van der Waals surface area contributed by atoms with E-state index in [4.69, 9.17) is 0 Å². The second kappa shape index (κ2) is 5.39. The Morgan fingerprint density at radius 3 is 1.60 bits per heavy atom. The van der Waals surface area contributed by atoms with Crippen LogP contribution in [-0.2, 0) is 5.41 Å². The molecule has 0 aliphatic carbocycles. The summed E-state index contributed by atoms with van der Waals surface area (Å²) in [6.45, 7) is 21.1. The van der Waals surface area contributed by atoms with Crippen molar-refractivity contribution >= 4 is 0 Å². The van der Waals surface area contributed by atoms with Gasteiger partial charge in [-0.15, -0.1) is 0 Å². The predicted molar refractivity (Wildman–Crippen MR) is 91.1 cm³/mol. The van der Waals surface area contributed by atoms with Gasteiger partial charge in [0.2, 0.25) is 0 Å². The summed E-state index contributed by atoms with van der Waals surface area (Å²) < 4.78 is 0. The third kappa shape index (κ3) is 2.57. The molecule has 1 aromatic carbocycles. The highest BCUT2D eigenvalue weighted by atomic mass is 14.5. The molecule has 0 saturated heterocycles. The molecule has 0 aliphatic rings. The summed E-state index contributed by atoms with van der Waals surface area (Å²) in [5.41, 5.74) is 4.75. The fourth-order valence-electron chi connectivity index (χ4n) is 3.09. The van der Waals surface area contributed by atoms with Crippen LogP contribution in [0.4, 0.5) is 0 Å². The number of allylic oxidation sites excluding steroid dienone is 2. The first-order valence-electron chi connectivity index (χ1n) is 7.66. The summed E-state index contributed by atoms with van der Waals surface area (Å²) in [5, 5.41) is 0. The average molecular weight is 272 g/mol. The minimum Gasteiger partial charge on any atom is -0.0769 e. The normalized spacial score (nSPS) is 13.2. The van der Waals surface area contributed by atoms with Gasteiger partial charge >= 0.3 is 0 Å². The lowest BCUT2D eigenvalue weighted by molar-refractivity contribution is 0.0587. The maximum atomic E-state index is 2.41. The van der Waals surface area contributed by atoms with E-state index in [1.807, 2.05) is 0 Å². The first kappa shape index (κ1) is 17.0. The molecule has 0 heterocycles. The molecule has 0 atom stereocenters. The molecule has 1 aromatic rings. The van der Waals surface area contributed by atoms with E-state index in [0.717, 1.165) is 0 Å². The lowest BCUT2D eigenvalue weighted by Crippen LogP contribution is -2.48. The van der Waals surface area contributed by atoms with Gasteiger partial charge in [0.05, 0.1) is 0 Å². The molecule has 0 nitrogen and oxygen atoms in total. The molecule has 0 aromatic heterocycles. The number of hydrogen-bond acceptors (Lipinski definition) is 0. The summed E-state index contributed by atoms with van der Waals surface area (Å²) in [5.74, 6) is 0. The monoisotopic (exact) mass is 272 g/mol. The number of hydrogen-bond donors (Lipinski definition) is 0. The Morgan fingerprint density at radius 2 is 1.20 bits per heavy atom. The molecule has 0 aliphatic heterocycles. The molecule has 0 N–H and O–H groups in total. The Labute approximate surface area is 126 Å². The Hall–Kier alpha value is -1.04. The summed E-state index contributed by atoms with van der Waals surface area (Å²) in [6, 6.07) is 10.9. The highest BCUT2D eigenvalue weighted by Gasteiger charge is 2.49. The zero-order valence-corrected chi connectivity index (χ0v) is 14.9. The van der Waals surface area contributed by atoms with Crippen LogP contribution in [0.3, 0.4) is 0 Å². The molecule has 20 heavy (non-hydrogen) atoms. The summed E-state index contributed by atoms with van der Waals surface area (Å²) in [4.78, 5) is 0. The first-order valence-corrected chi connectivity index (χ1v) is 7.66. The molecule has 0 radical (unpaired) electrons. The molecule has 0 fully saturated rings. The van der Waals surface area contributed by atoms with Crippen molar-refractivity contribution in [3.8, 4) is 0 Å². The van der Waals surface area contributed by atoms with E-state index in [0.29, 0.717) is 0 Å². The summed E-state index contributed by atoms with van der Waals surface area (Å²) >= 11 is 0. The van der Waals surface area contributed by atoms with Gasteiger partial charge in [-0.1, -0.05) is 83.0 Å². The van der Waals surface area contributed by atoms with Gasteiger partial charge < -0.3 is 0 Å². The van der Waals surface area contributed by atoms with Crippen molar-refractivity contribution in [3.63, 3.8) is 0 Å². The molecular formula is C20H32. The predicted octanol–water partition coefficient (Wildman–Crippen LogP) is 6.37. The molecule has 1 rings (SSSR count). The first-order chi connectivity index (χ1) is 8.96. The van der Waals surface area contributed by atoms with Gasteiger partial charge in [-0.2, -0.15) is 0 Å². The van der Waals surface area contributed by atoms with E-state index in [1.54, 1.807) is 0 Å². The third-order valence-electron chi connectivity index (χ3n) is 6.31. The number of rotatable bonds is 4. The van der Waals surface area contributed by atoms with Crippen LogP contribution < -0.4 is 0 Å². The fraction of sp³-hybridized carbons (Fsp3) is 0.600. The minimum atomic E-state index is 0.106. The van der Waals surface area contributed by atoms with Crippen molar-refractivity contribution in [1.82, 2.24) is 0 Å². The van der Waals surface area contributed by atoms with Crippen molar-refractivity contribution in [3.05, 3.63) is 47.0 Å². The van der Waals surface area contributed by atoms with Gasteiger partial charge in [-0.25, -0.2) is 0 Å². The largest absolute Gasteiger partial charge is 0.0769 e. The van der Waals surface area contributed by atoms with E-state index in [2.05, 4.69) is 92.6 Å². The smallest absolute Gasteiger partial charge is 0.00443 e. The van der Waals surface area contributed by atoms with E-state index >= 15 is 0 Å². The van der Waals surface area contributed by atoms with E-state index in [9.17, 15) is 0 Å². The molecule has 0 heteroatoms. The fourth-order valence-corrected chi connectivity index (χ4v) is 3.09. The molecule has 112 valence electrons. The summed E-state index contributed by atoms with van der Waals surface area (Å²) in [7, 11) is 0. The van der Waals surface area contributed by atoms with E-state index in [1.165, 1.54) is 16.7 Å². The zero-order chi connectivity index (χ0) is 15.8. The van der Waals surface area contributed by atoms with Crippen LogP contribution in [0.5, 0.6) is 0 Å². The van der Waals surface area contributed by atoms with Crippen LogP contribution in [0.15, 0.2) is 41.5 Å². The van der Waals surface area contributed by atoms with Crippen LogP contribution in [0.1, 0.15) is 67.9 Å². The van der Waals surface area contributed by atoms with Gasteiger partial charge in [0.1, 0.15) is 0 Å². The molecule has 0 unspecified atom stereocenters. The van der Waals surface area contributed by atoms with Crippen LogP contribution >= 0.6 is 0 Å². The SMILES string of the molecule is CC(C)=C(C)C(C)(C)C(C)(C)C(C)(C)c1ccccc1. The Balaban J connectivity index is 3.39. The molecule has 0 saturated carbocycles. The van der Waals surface area contributed by atoms with Gasteiger partial charge in [0.15, 0.2) is 0 Å². The van der Waals surface area contributed by atoms with Crippen molar-refractivity contribution in [2.45, 2.75) is 67.7 Å². The third-order valence-corrected chi connectivity index (χ3v) is 6.31. The van der Waals surface area contributed by atoms with E-state index < -0.39 is 0 Å². The van der Waals surface area contributed by atoms with Gasteiger partial charge in [0.25, 0.3) is 0 Å². The lowest BCUT2D eigenvalue weighted by atomic mass is 9.51. The van der Waals surface area contributed by atoms with Crippen molar-refractivity contribution in [2.24, 2.45) is 10.8 Å². The Morgan fingerprint density at radius 1 is 0.750 bits per heavy atom. The van der Waals surface area contributed by atoms with Crippen molar-refractivity contribution < 1.29 is 0 Å². The molecule has 0 spiro atoms. The van der Waals surface area contributed by atoms with Crippen molar-refractivity contribution in [2.75, 3.05) is 0 Å². The second-order valence-corrected chi connectivity index (χ2v) is 7.87. The highest BCUT2D eigenvalue weighted by molar-refractivity contribution is 5.31. The van der Waals surface area contributed by atoms with Gasteiger partial charge in [-0.05, 0) is 42.6 Å². The quantitative estimate of drug-likeness (QED) is 0.558. The average Bonchev–Trinajstić information content (AvgIpc) is 2.38.